The van der Waals surface area contributed by atoms with Crippen LogP contribution in [0.3, 0.4) is 0 Å². The van der Waals surface area contributed by atoms with Gasteiger partial charge in [-0.25, -0.2) is 0 Å². The van der Waals surface area contributed by atoms with Crippen LogP contribution in [0.15, 0.2) is 6.07 Å². The van der Waals surface area contributed by atoms with Crippen LogP contribution in [-0.2, 0) is 6.42 Å². The molecule has 0 radical (unpaired) electrons. The Morgan fingerprint density at radius 1 is 1.57 bits per heavy atom. The molecule has 0 unspecified atom stereocenters. The number of hydrogen-bond acceptors (Lipinski definition) is 2. The maximum Gasteiger partial charge on any atom is 0.0655 e. The van der Waals surface area contributed by atoms with E-state index in [1.54, 1.807) is 0 Å². The predicted octanol–water partition coefficient (Wildman–Crippen LogP) is 1.83. The average molecular weight is 193 g/mol. The minimum Gasteiger partial charge on any atom is -0.320 e. The first-order valence-electron chi connectivity index (χ1n) is 5.59. The van der Waals surface area contributed by atoms with Crippen molar-refractivity contribution in [2.24, 2.45) is 0 Å². The lowest BCUT2D eigenvalue weighted by Crippen LogP contribution is -2.09. The molecule has 1 aromatic heterocycles. The van der Waals surface area contributed by atoms with Crippen LogP contribution in [0.5, 0.6) is 0 Å². The van der Waals surface area contributed by atoms with Gasteiger partial charge >= 0.3 is 0 Å². The molecule has 2 N–H and O–H groups in total. The highest BCUT2D eigenvalue weighted by Crippen LogP contribution is 2.35. The zero-order valence-electron chi connectivity index (χ0n) is 8.84. The molecule has 3 nitrogen and oxygen atoms in total. The highest BCUT2D eigenvalue weighted by Gasteiger charge is 2.21. The van der Waals surface area contributed by atoms with Gasteiger partial charge in [0.1, 0.15) is 0 Å². The van der Waals surface area contributed by atoms with Crippen LogP contribution >= 0.6 is 0 Å². The van der Waals surface area contributed by atoms with E-state index >= 15 is 0 Å². The van der Waals surface area contributed by atoms with E-state index in [0.29, 0.717) is 0 Å². The van der Waals surface area contributed by atoms with E-state index in [1.807, 2.05) is 7.05 Å². The number of aromatic nitrogens is 2. The summed E-state index contributed by atoms with van der Waals surface area (Å²) in [5.74, 6) is 0.754. The SMILES string of the molecule is CNCCCc1cc(C2CCC2)n[nH]1. The molecule has 1 aliphatic carbocycles. The molecule has 14 heavy (non-hydrogen) atoms. The van der Waals surface area contributed by atoms with Gasteiger partial charge in [0.25, 0.3) is 0 Å². The fourth-order valence-electron chi connectivity index (χ4n) is 1.88. The minimum absolute atomic E-state index is 0.754. The Morgan fingerprint density at radius 3 is 3.07 bits per heavy atom. The topological polar surface area (TPSA) is 40.7 Å². The van der Waals surface area contributed by atoms with Gasteiger partial charge in [-0.2, -0.15) is 5.10 Å². The highest BCUT2D eigenvalue weighted by atomic mass is 15.1. The fraction of sp³-hybridized carbons (Fsp3) is 0.727. The van der Waals surface area contributed by atoms with E-state index in [2.05, 4.69) is 21.6 Å². The van der Waals surface area contributed by atoms with Crippen LogP contribution in [0.25, 0.3) is 0 Å². The van der Waals surface area contributed by atoms with E-state index in [-0.39, 0.29) is 0 Å². The molecule has 0 aliphatic heterocycles. The van der Waals surface area contributed by atoms with Crippen LogP contribution in [0, 0.1) is 0 Å². The second kappa shape index (κ2) is 4.60. The Kier molecular flexibility index (Phi) is 3.19. The fourth-order valence-corrected chi connectivity index (χ4v) is 1.88. The molecule has 1 aromatic rings. The minimum atomic E-state index is 0.754. The summed E-state index contributed by atoms with van der Waals surface area (Å²) in [6.45, 7) is 1.08. The molecule has 1 aliphatic rings. The van der Waals surface area contributed by atoms with Gasteiger partial charge in [-0.1, -0.05) is 6.42 Å². The van der Waals surface area contributed by atoms with Crippen molar-refractivity contribution >= 4 is 0 Å². The summed E-state index contributed by atoms with van der Waals surface area (Å²) < 4.78 is 0. The molecular formula is C11H19N3. The Balaban J connectivity index is 1.83. The van der Waals surface area contributed by atoms with E-state index in [1.165, 1.54) is 37.1 Å². The van der Waals surface area contributed by atoms with Crippen LogP contribution < -0.4 is 5.32 Å². The van der Waals surface area contributed by atoms with Crippen molar-refractivity contribution in [3.63, 3.8) is 0 Å². The Labute approximate surface area is 85.3 Å². The second-order valence-corrected chi connectivity index (χ2v) is 4.15. The van der Waals surface area contributed by atoms with Gasteiger partial charge in [-0.05, 0) is 45.3 Å². The first kappa shape index (κ1) is 9.71. The number of hydrogen-bond donors (Lipinski definition) is 2. The van der Waals surface area contributed by atoms with Gasteiger partial charge in [0.2, 0.25) is 0 Å². The molecule has 0 aromatic carbocycles. The molecule has 0 amide bonds. The zero-order chi connectivity index (χ0) is 9.80. The maximum absolute atomic E-state index is 4.37. The first-order valence-corrected chi connectivity index (χ1v) is 5.59. The number of nitrogens with one attached hydrogen (secondary N) is 2. The highest BCUT2D eigenvalue weighted by molar-refractivity contribution is 5.15. The van der Waals surface area contributed by atoms with E-state index in [9.17, 15) is 0 Å². The smallest absolute Gasteiger partial charge is 0.0655 e. The quantitative estimate of drug-likeness (QED) is 0.700. The number of rotatable bonds is 5. The van der Waals surface area contributed by atoms with E-state index < -0.39 is 0 Å². The van der Waals surface area contributed by atoms with Crippen LogP contribution in [0.1, 0.15) is 43.0 Å². The summed E-state index contributed by atoms with van der Waals surface area (Å²) >= 11 is 0. The van der Waals surface area contributed by atoms with Crippen molar-refractivity contribution in [3.05, 3.63) is 17.5 Å². The third kappa shape index (κ3) is 2.15. The molecule has 0 atom stereocenters. The lowest BCUT2D eigenvalue weighted by atomic mass is 9.83. The van der Waals surface area contributed by atoms with Crippen LogP contribution in [-0.4, -0.2) is 23.8 Å². The maximum atomic E-state index is 4.37. The van der Waals surface area contributed by atoms with Gasteiger partial charge in [0.05, 0.1) is 5.69 Å². The molecule has 1 fully saturated rings. The van der Waals surface area contributed by atoms with Crippen LogP contribution in [0.2, 0.25) is 0 Å². The number of H-pyrrole nitrogens is 1. The summed E-state index contributed by atoms with van der Waals surface area (Å²) in [5.41, 5.74) is 2.58. The largest absolute Gasteiger partial charge is 0.320 e. The van der Waals surface area contributed by atoms with E-state index in [4.69, 9.17) is 0 Å². The Hall–Kier alpha value is -0.830. The molecule has 78 valence electrons. The molecule has 2 rings (SSSR count). The molecule has 0 spiro atoms. The lowest BCUT2D eigenvalue weighted by Gasteiger charge is -2.22. The van der Waals surface area contributed by atoms with Crippen molar-refractivity contribution in [3.8, 4) is 0 Å². The molecule has 1 saturated carbocycles. The van der Waals surface area contributed by atoms with Gasteiger partial charge in [-0.15, -0.1) is 0 Å². The third-order valence-corrected chi connectivity index (χ3v) is 3.05. The lowest BCUT2D eigenvalue weighted by molar-refractivity contribution is 0.410. The number of aromatic amines is 1. The van der Waals surface area contributed by atoms with Crippen molar-refractivity contribution in [2.75, 3.05) is 13.6 Å². The number of nitrogens with zero attached hydrogens (tertiary/aromatic N) is 1. The molecule has 3 heteroatoms. The second-order valence-electron chi connectivity index (χ2n) is 4.15. The first-order chi connectivity index (χ1) is 6.90. The molecule has 0 bridgehead atoms. The molecular weight excluding hydrogens is 174 g/mol. The number of aryl methyl sites for hydroxylation is 1. The third-order valence-electron chi connectivity index (χ3n) is 3.05. The van der Waals surface area contributed by atoms with Crippen molar-refractivity contribution in [1.82, 2.24) is 15.5 Å². The van der Waals surface area contributed by atoms with Gasteiger partial charge in [0, 0.05) is 11.6 Å². The molecule has 1 heterocycles. The van der Waals surface area contributed by atoms with Crippen molar-refractivity contribution in [1.29, 1.82) is 0 Å². The van der Waals surface area contributed by atoms with Gasteiger partial charge in [0.15, 0.2) is 0 Å². The zero-order valence-corrected chi connectivity index (χ0v) is 8.84. The summed E-state index contributed by atoms with van der Waals surface area (Å²) in [5, 5.41) is 10.7. The Morgan fingerprint density at radius 2 is 2.43 bits per heavy atom. The van der Waals surface area contributed by atoms with E-state index in [0.717, 1.165) is 18.9 Å². The summed E-state index contributed by atoms with van der Waals surface area (Å²) in [4.78, 5) is 0. The normalized spacial score (nSPS) is 16.9. The van der Waals surface area contributed by atoms with Crippen molar-refractivity contribution < 1.29 is 0 Å². The Bertz CT molecular complexity index is 276. The van der Waals surface area contributed by atoms with Gasteiger partial charge in [-0.3, -0.25) is 5.10 Å². The average Bonchev–Trinajstić information content (AvgIpc) is 2.51. The summed E-state index contributed by atoms with van der Waals surface area (Å²) in [7, 11) is 1.99. The summed E-state index contributed by atoms with van der Waals surface area (Å²) in [6.07, 6.45) is 6.34. The summed E-state index contributed by atoms with van der Waals surface area (Å²) in [6, 6.07) is 2.25. The molecule has 0 saturated heterocycles. The van der Waals surface area contributed by atoms with Crippen molar-refractivity contribution in [2.45, 2.75) is 38.0 Å². The van der Waals surface area contributed by atoms with Crippen LogP contribution in [0.4, 0.5) is 0 Å². The monoisotopic (exact) mass is 193 g/mol. The standard InChI is InChI=1S/C11H19N3/c1-12-7-3-6-10-8-11(14-13-10)9-4-2-5-9/h8-9,12H,2-7H2,1H3,(H,13,14). The predicted molar refractivity (Wildman–Crippen MR) is 57.4 cm³/mol. The van der Waals surface area contributed by atoms with Gasteiger partial charge < -0.3 is 5.32 Å².